The monoisotopic (exact) mass is 480 g/mol. The Morgan fingerprint density at radius 1 is 0.853 bits per heavy atom. The quantitative estimate of drug-likeness (QED) is 0.239. The number of hydrogen-bond acceptors (Lipinski definition) is 6. The topological polar surface area (TPSA) is 43.0 Å². The number of ether oxygens (including phenoxy) is 3. The summed E-state index contributed by atoms with van der Waals surface area (Å²) in [6.45, 7) is 3.09. The molecule has 0 spiro atoms. The molecule has 0 amide bonds. The fraction of sp³-hybridized carbons (Fsp3) is 0.357. The molecule has 0 aliphatic heterocycles. The van der Waals surface area contributed by atoms with Crippen molar-refractivity contribution in [2.24, 2.45) is 0 Å². The zero-order valence-electron chi connectivity index (χ0n) is 20.8. The Labute approximate surface area is 208 Å². The summed E-state index contributed by atoms with van der Waals surface area (Å²) < 4.78 is 16.1. The number of nitrogens with zero attached hydrogens (tertiary/aromatic N) is 1. The van der Waals surface area contributed by atoms with Gasteiger partial charge in [-0.1, -0.05) is 37.3 Å². The molecule has 182 valence electrons. The van der Waals surface area contributed by atoms with Crippen molar-refractivity contribution in [1.82, 2.24) is 5.32 Å². The molecular weight excluding hydrogens is 444 g/mol. The van der Waals surface area contributed by atoms with Crippen molar-refractivity contribution in [3.05, 3.63) is 77.9 Å². The van der Waals surface area contributed by atoms with Crippen molar-refractivity contribution >= 4 is 17.4 Å². The van der Waals surface area contributed by atoms with Crippen LogP contribution in [0.3, 0.4) is 0 Å². The van der Waals surface area contributed by atoms with Crippen molar-refractivity contribution in [3.8, 4) is 17.2 Å². The molecule has 0 saturated heterocycles. The Balaban J connectivity index is 1.61. The van der Waals surface area contributed by atoms with Crippen LogP contribution in [0.5, 0.6) is 17.2 Å². The first-order valence-corrected chi connectivity index (χ1v) is 12.6. The molecule has 0 aliphatic rings. The van der Waals surface area contributed by atoms with Crippen molar-refractivity contribution in [2.75, 3.05) is 39.8 Å². The fourth-order valence-corrected chi connectivity index (χ4v) is 4.95. The van der Waals surface area contributed by atoms with Crippen LogP contribution in [0.15, 0.2) is 71.6 Å². The molecule has 3 aromatic carbocycles. The summed E-state index contributed by atoms with van der Waals surface area (Å²) in [6.07, 6.45) is 2.15. The van der Waals surface area contributed by atoms with Crippen molar-refractivity contribution < 1.29 is 14.2 Å². The maximum Gasteiger partial charge on any atom is 0.160 e. The Morgan fingerprint density at radius 3 is 2.24 bits per heavy atom. The molecule has 1 unspecified atom stereocenters. The van der Waals surface area contributed by atoms with Gasteiger partial charge in [-0.15, -0.1) is 11.8 Å². The highest BCUT2D eigenvalue weighted by molar-refractivity contribution is 7.98. The highest BCUT2D eigenvalue weighted by atomic mass is 32.2. The fourth-order valence-electron chi connectivity index (χ4n) is 3.90. The number of rotatable bonds is 13. The Kier molecular flexibility index (Phi) is 9.98. The lowest BCUT2D eigenvalue weighted by atomic mass is 10.1. The first-order valence-electron chi connectivity index (χ1n) is 11.6. The average molecular weight is 481 g/mol. The van der Waals surface area contributed by atoms with Crippen molar-refractivity contribution in [3.63, 3.8) is 0 Å². The molecule has 1 N–H and O–H groups in total. The number of nitrogens with one attached hydrogen (secondary N) is 1. The minimum absolute atomic E-state index is 0.239. The van der Waals surface area contributed by atoms with E-state index in [2.05, 4.69) is 72.7 Å². The molecule has 3 aromatic rings. The van der Waals surface area contributed by atoms with Gasteiger partial charge in [-0.05, 0) is 60.4 Å². The summed E-state index contributed by atoms with van der Waals surface area (Å²) in [7, 11) is 7.20. The first-order chi connectivity index (χ1) is 16.6. The maximum absolute atomic E-state index is 5.44. The molecule has 6 heteroatoms. The van der Waals surface area contributed by atoms with Gasteiger partial charge in [-0.25, -0.2) is 0 Å². The normalized spacial score (nSPS) is 11.7. The van der Waals surface area contributed by atoms with E-state index in [1.807, 2.05) is 30.0 Å². The summed E-state index contributed by atoms with van der Waals surface area (Å²) >= 11 is 1.86. The zero-order chi connectivity index (χ0) is 24.3. The number of para-hydroxylation sites is 1. The summed E-state index contributed by atoms with van der Waals surface area (Å²) in [4.78, 5) is 3.63. The van der Waals surface area contributed by atoms with Crippen LogP contribution >= 0.6 is 11.8 Å². The Bertz CT molecular complexity index is 1030. The van der Waals surface area contributed by atoms with E-state index >= 15 is 0 Å². The lowest BCUT2D eigenvalue weighted by Crippen LogP contribution is -2.44. The smallest absolute Gasteiger partial charge is 0.160 e. The third-order valence-electron chi connectivity index (χ3n) is 5.89. The van der Waals surface area contributed by atoms with Crippen LogP contribution in [0.4, 0.5) is 5.69 Å². The predicted octanol–water partition coefficient (Wildman–Crippen LogP) is 6.01. The largest absolute Gasteiger partial charge is 0.497 e. The Morgan fingerprint density at radius 2 is 1.56 bits per heavy atom. The highest BCUT2D eigenvalue weighted by Crippen LogP contribution is 2.33. The number of thioether (sulfide) groups is 1. The van der Waals surface area contributed by atoms with E-state index in [0.717, 1.165) is 42.4 Å². The lowest BCUT2D eigenvalue weighted by molar-refractivity contribution is 0.354. The van der Waals surface area contributed by atoms with Gasteiger partial charge in [0, 0.05) is 24.2 Å². The molecule has 0 saturated carbocycles. The minimum Gasteiger partial charge on any atom is -0.497 e. The van der Waals surface area contributed by atoms with Crippen LogP contribution in [0.25, 0.3) is 0 Å². The van der Waals surface area contributed by atoms with Gasteiger partial charge in [-0.2, -0.15) is 0 Å². The minimum atomic E-state index is 0.239. The SMILES string of the molecule is CCC(NCCc1ccc(OC)c(OC)c1)N(C)c1ccccc1SCc1ccc(OC)cc1. The summed E-state index contributed by atoms with van der Waals surface area (Å²) in [5.41, 5.74) is 3.74. The van der Waals surface area contributed by atoms with E-state index in [1.165, 1.54) is 21.7 Å². The van der Waals surface area contributed by atoms with E-state index in [4.69, 9.17) is 14.2 Å². The third-order valence-corrected chi connectivity index (χ3v) is 7.03. The van der Waals surface area contributed by atoms with Gasteiger partial charge >= 0.3 is 0 Å². The van der Waals surface area contributed by atoms with Crippen LogP contribution in [0.2, 0.25) is 0 Å². The maximum atomic E-state index is 5.44. The number of benzene rings is 3. The average Bonchev–Trinajstić information content (AvgIpc) is 2.89. The number of anilines is 1. The van der Waals surface area contributed by atoms with Crippen LogP contribution < -0.4 is 24.4 Å². The van der Waals surface area contributed by atoms with E-state index in [1.54, 1.807) is 21.3 Å². The molecule has 0 radical (unpaired) electrons. The number of hydrogen-bond donors (Lipinski definition) is 1. The molecule has 1 atom stereocenters. The lowest BCUT2D eigenvalue weighted by Gasteiger charge is -2.31. The molecular formula is C28H36N2O3S. The van der Waals surface area contributed by atoms with Gasteiger partial charge in [0.05, 0.1) is 33.2 Å². The van der Waals surface area contributed by atoms with Crippen LogP contribution in [0.1, 0.15) is 24.5 Å². The predicted molar refractivity (Wildman–Crippen MR) is 143 cm³/mol. The molecule has 0 fully saturated rings. The zero-order valence-corrected chi connectivity index (χ0v) is 21.7. The molecule has 0 aromatic heterocycles. The first kappa shape index (κ1) is 25.8. The molecule has 5 nitrogen and oxygen atoms in total. The van der Waals surface area contributed by atoms with E-state index in [9.17, 15) is 0 Å². The van der Waals surface area contributed by atoms with Crippen LogP contribution in [0, 0.1) is 0 Å². The van der Waals surface area contributed by atoms with Gasteiger partial charge in [0.25, 0.3) is 0 Å². The second kappa shape index (κ2) is 13.2. The van der Waals surface area contributed by atoms with Gasteiger partial charge in [0.1, 0.15) is 5.75 Å². The molecule has 34 heavy (non-hydrogen) atoms. The van der Waals surface area contributed by atoms with Gasteiger partial charge in [0.15, 0.2) is 11.5 Å². The summed E-state index contributed by atoms with van der Waals surface area (Å²) in [6, 6.07) is 23.0. The number of methoxy groups -OCH3 is 3. The molecule has 0 heterocycles. The standard InChI is InChI=1S/C28H36N2O3S/c1-6-28(29-18-17-21-13-16-25(32-4)26(19-21)33-5)30(2)24-9-7-8-10-27(24)34-20-22-11-14-23(31-3)15-12-22/h7-16,19,28-29H,6,17-18,20H2,1-5H3. The van der Waals surface area contributed by atoms with Crippen LogP contribution in [-0.2, 0) is 12.2 Å². The van der Waals surface area contributed by atoms with E-state index in [-0.39, 0.29) is 6.17 Å². The molecule has 3 rings (SSSR count). The molecule has 0 bridgehead atoms. The van der Waals surface area contributed by atoms with Gasteiger partial charge in [-0.3, -0.25) is 5.32 Å². The summed E-state index contributed by atoms with van der Waals surface area (Å²) in [5, 5.41) is 3.73. The van der Waals surface area contributed by atoms with Gasteiger partial charge in [0.2, 0.25) is 0 Å². The van der Waals surface area contributed by atoms with Gasteiger partial charge < -0.3 is 19.1 Å². The third kappa shape index (κ3) is 6.84. The second-order valence-corrected chi connectivity index (χ2v) is 9.05. The summed E-state index contributed by atoms with van der Waals surface area (Å²) in [5.74, 6) is 3.33. The molecule has 0 aliphatic carbocycles. The van der Waals surface area contributed by atoms with Crippen LogP contribution in [-0.4, -0.2) is 41.1 Å². The van der Waals surface area contributed by atoms with Crippen molar-refractivity contribution in [1.29, 1.82) is 0 Å². The highest BCUT2D eigenvalue weighted by Gasteiger charge is 2.16. The second-order valence-electron chi connectivity index (χ2n) is 8.03. The van der Waals surface area contributed by atoms with E-state index in [0.29, 0.717) is 0 Å². The van der Waals surface area contributed by atoms with Crippen molar-refractivity contribution in [2.45, 2.75) is 36.6 Å². The van der Waals surface area contributed by atoms with E-state index < -0.39 is 0 Å². The Hall–Kier alpha value is -2.83.